The summed E-state index contributed by atoms with van der Waals surface area (Å²) in [6.07, 6.45) is 2.53. The fourth-order valence-electron chi connectivity index (χ4n) is 1.98. The highest BCUT2D eigenvalue weighted by atomic mass is 32.2. The average molecular weight is 317 g/mol. The molecule has 112 valence electrons. The second kappa shape index (κ2) is 5.98. The van der Waals surface area contributed by atoms with Crippen LogP contribution < -0.4 is 4.90 Å². The Balaban J connectivity index is 1.98. The molecule has 0 saturated carbocycles. The summed E-state index contributed by atoms with van der Waals surface area (Å²) in [5.74, 6) is -1.32. The van der Waals surface area contributed by atoms with Crippen molar-refractivity contribution < 1.29 is 14.7 Å². The molecule has 0 radical (unpaired) electrons. The van der Waals surface area contributed by atoms with Crippen LogP contribution in [0.3, 0.4) is 0 Å². The number of carbonyl (C=O) groups is 2. The minimum absolute atomic E-state index is 0.256. The number of hydrogen-bond acceptors (Lipinski definition) is 6. The molecule has 3 rings (SSSR count). The van der Waals surface area contributed by atoms with Crippen molar-refractivity contribution in [2.75, 3.05) is 4.90 Å². The van der Waals surface area contributed by atoms with Crippen LogP contribution in [0.4, 0.5) is 5.69 Å². The molecule has 1 aliphatic rings. The summed E-state index contributed by atoms with van der Waals surface area (Å²) in [5.41, 5.74) is 0.639. The van der Waals surface area contributed by atoms with Gasteiger partial charge in [-0.3, -0.25) is 14.5 Å². The second-order valence-corrected chi connectivity index (χ2v) is 5.61. The van der Waals surface area contributed by atoms with E-state index in [0.29, 0.717) is 10.9 Å². The van der Waals surface area contributed by atoms with Crippen molar-refractivity contribution >= 4 is 34.5 Å². The summed E-state index contributed by atoms with van der Waals surface area (Å²) in [6, 6.07) is 8.97. The highest BCUT2D eigenvalue weighted by Gasteiger charge is 2.40. The Kier molecular flexibility index (Phi) is 3.88. The molecule has 1 aliphatic heterocycles. The first-order chi connectivity index (χ1) is 10.6. The van der Waals surface area contributed by atoms with Crippen LogP contribution in [0.5, 0.6) is 0 Å². The van der Waals surface area contributed by atoms with Gasteiger partial charge in [-0.1, -0.05) is 30.0 Å². The Hall–Kier alpha value is -2.68. The van der Waals surface area contributed by atoms with E-state index in [0.717, 1.165) is 11.8 Å². The van der Waals surface area contributed by atoms with E-state index in [9.17, 15) is 9.59 Å². The fraction of sp³-hybridized carbons (Fsp3) is 0.154. The first-order valence-electron chi connectivity index (χ1n) is 6.36. The molecule has 1 fully saturated rings. The van der Waals surface area contributed by atoms with Crippen LogP contribution in [0, 0.1) is 0 Å². The van der Waals surface area contributed by atoms with Gasteiger partial charge in [0.05, 0.1) is 12.1 Å². The number of aliphatic carboxylic acids is 1. The molecule has 9 heteroatoms. The lowest BCUT2D eigenvalue weighted by atomic mass is 10.2. The minimum atomic E-state index is -1.02. The number of anilines is 1. The summed E-state index contributed by atoms with van der Waals surface area (Å²) in [6.45, 7) is 0. The first-order valence-corrected chi connectivity index (χ1v) is 7.24. The molecule has 0 aliphatic carbocycles. The first kappa shape index (κ1) is 14.3. The zero-order valence-electron chi connectivity index (χ0n) is 11.2. The number of thioether (sulfide) groups is 1. The third-order valence-corrected chi connectivity index (χ3v) is 4.04. The summed E-state index contributed by atoms with van der Waals surface area (Å²) in [5, 5.41) is 20.2. The van der Waals surface area contributed by atoms with E-state index < -0.39 is 11.2 Å². The van der Waals surface area contributed by atoms with Crippen molar-refractivity contribution in [2.24, 2.45) is 5.10 Å². The molecule has 0 spiro atoms. The number of aromatic nitrogens is 3. The fourth-order valence-corrected chi connectivity index (χ4v) is 3.11. The predicted octanol–water partition coefficient (Wildman–Crippen LogP) is 1.02. The maximum atomic E-state index is 12.5. The van der Waals surface area contributed by atoms with Gasteiger partial charge in [-0.15, -0.1) is 15.3 Å². The molecule has 8 nitrogen and oxygen atoms in total. The summed E-state index contributed by atoms with van der Waals surface area (Å²) >= 11 is 1.12. The number of amidine groups is 1. The molecule has 1 N–H and O–H groups in total. The number of carbonyl (C=O) groups excluding carboxylic acids is 1. The van der Waals surface area contributed by atoms with Crippen LogP contribution in [-0.4, -0.2) is 42.3 Å². The molecular formula is C13H11N5O3S. The van der Waals surface area contributed by atoms with Crippen LogP contribution >= 0.6 is 11.8 Å². The molecule has 0 unspecified atom stereocenters. The normalized spacial score (nSPS) is 19.8. The molecule has 0 bridgehead atoms. The van der Waals surface area contributed by atoms with Crippen LogP contribution in [0.15, 0.2) is 48.1 Å². The third-order valence-electron chi connectivity index (χ3n) is 2.92. The monoisotopic (exact) mass is 317 g/mol. The summed E-state index contributed by atoms with van der Waals surface area (Å²) < 4.78 is 1.37. The van der Waals surface area contributed by atoms with Crippen molar-refractivity contribution in [3.63, 3.8) is 0 Å². The highest BCUT2D eigenvalue weighted by Crippen LogP contribution is 2.33. The smallest absolute Gasteiger partial charge is 0.305 e. The molecule has 1 aromatic carbocycles. The number of carboxylic acids is 1. The predicted molar refractivity (Wildman–Crippen MR) is 80.4 cm³/mol. The van der Waals surface area contributed by atoms with E-state index in [4.69, 9.17) is 5.11 Å². The van der Waals surface area contributed by atoms with E-state index in [-0.39, 0.29) is 12.3 Å². The van der Waals surface area contributed by atoms with Gasteiger partial charge in [0.15, 0.2) is 5.17 Å². The standard InChI is InChI=1S/C13H11N5O3S/c19-11(20)6-10-12(21)18(9-4-2-1-3-5-9)13(22-10)16-17-7-14-15-8-17/h1-5,7-8,10H,6H2,(H,19,20)/b16-13+/t10-/m0/s1. The molecule has 2 heterocycles. The van der Waals surface area contributed by atoms with Crippen LogP contribution in [-0.2, 0) is 9.59 Å². The number of hydrogen-bond donors (Lipinski definition) is 1. The van der Waals surface area contributed by atoms with Gasteiger partial charge < -0.3 is 5.11 Å². The van der Waals surface area contributed by atoms with Gasteiger partial charge in [-0.2, -0.15) is 0 Å². The van der Waals surface area contributed by atoms with Crippen molar-refractivity contribution in [1.82, 2.24) is 14.9 Å². The second-order valence-electron chi connectivity index (χ2n) is 4.44. The van der Waals surface area contributed by atoms with E-state index in [1.54, 1.807) is 24.3 Å². The number of para-hydroxylation sites is 1. The maximum absolute atomic E-state index is 12.5. The Morgan fingerprint density at radius 1 is 1.27 bits per heavy atom. The summed E-state index contributed by atoms with van der Waals surface area (Å²) in [7, 11) is 0. The molecule has 1 aromatic heterocycles. The lowest BCUT2D eigenvalue weighted by Gasteiger charge is -2.15. The van der Waals surface area contributed by atoms with Crippen molar-refractivity contribution in [3.05, 3.63) is 43.0 Å². The Labute approximate surface area is 129 Å². The summed E-state index contributed by atoms with van der Waals surface area (Å²) in [4.78, 5) is 24.8. The van der Waals surface area contributed by atoms with Gasteiger partial charge in [-0.25, -0.2) is 4.68 Å². The Bertz CT molecular complexity index is 717. The van der Waals surface area contributed by atoms with E-state index in [1.807, 2.05) is 6.07 Å². The average Bonchev–Trinajstić information content (AvgIpc) is 3.09. The van der Waals surface area contributed by atoms with Crippen molar-refractivity contribution in [3.8, 4) is 0 Å². The lowest BCUT2D eigenvalue weighted by molar-refractivity contribution is -0.138. The quantitative estimate of drug-likeness (QED) is 0.903. The number of carboxylic acid groups (broad SMARTS) is 1. The van der Waals surface area contributed by atoms with E-state index >= 15 is 0 Å². The van der Waals surface area contributed by atoms with Crippen LogP contribution in [0.2, 0.25) is 0 Å². The minimum Gasteiger partial charge on any atom is -0.481 e. The van der Waals surface area contributed by atoms with Gasteiger partial charge in [0.2, 0.25) is 5.91 Å². The molecular weight excluding hydrogens is 306 g/mol. The van der Waals surface area contributed by atoms with Gasteiger partial charge in [0.1, 0.15) is 17.9 Å². The van der Waals surface area contributed by atoms with Gasteiger partial charge in [0, 0.05) is 0 Å². The van der Waals surface area contributed by atoms with Crippen molar-refractivity contribution in [2.45, 2.75) is 11.7 Å². The van der Waals surface area contributed by atoms with Crippen LogP contribution in [0.25, 0.3) is 0 Å². The van der Waals surface area contributed by atoms with E-state index in [1.165, 1.54) is 22.2 Å². The zero-order valence-corrected chi connectivity index (χ0v) is 12.1. The van der Waals surface area contributed by atoms with Crippen molar-refractivity contribution in [1.29, 1.82) is 0 Å². The number of benzene rings is 1. The molecule has 2 aromatic rings. The molecule has 1 amide bonds. The Morgan fingerprint density at radius 3 is 2.59 bits per heavy atom. The Morgan fingerprint density at radius 2 is 1.95 bits per heavy atom. The third kappa shape index (κ3) is 2.84. The number of rotatable bonds is 4. The van der Waals surface area contributed by atoms with Gasteiger partial charge in [-0.05, 0) is 12.1 Å². The molecule has 1 atom stereocenters. The molecule has 1 saturated heterocycles. The topological polar surface area (TPSA) is 101 Å². The zero-order chi connectivity index (χ0) is 15.5. The van der Waals surface area contributed by atoms with Gasteiger partial charge in [0.25, 0.3) is 0 Å². The highest BCUT2D eigenvalue weighted by molar-refractivity contribution is 8.16. The van der Waals surface area contributed by atoms with Gasteiger partial charge >= 0.3 is 5.97 Å². The molecule has 22 heavy (non-hydrogen) atoms. The maximum Gasteiger partial charge on any atom is 0.305 e. The SMILES string of the molecule is O=C(O)C[C@@H]1S/C(=N/n2cnnc2)N(c2ccccc2)C1=O. The van der Waals surface area contributed by atoms with E-state index in [2.05, 4.69) is 15.3 Å². The number of amides is 1. The number of nitrogens with zero attached hydrogens (tertiary/aromatic N) is 5. The largest absolute Gasteiger partial charge is 0.481 e. The lowest BCUT2D eigenvalue weighted by Crippen LogP contribution is -2.33. The van der Waals surface area contributed by atoms with Crippen LogP contribution in [0.1, 0.15) is 6.42 Å².